The summed E-state index contributed by atoms with van der Waals surface area (Å²) in [6, 6.07) is 14.5. The van der Waals surface area contributed by atoms with Crippen molar-refractivity contribution in [2.45, 2.75) is 47.7 Å². The van der Waals surface area contributed by atoms with Gasteiger partial charge in [0.15, 0.2) is 0 Å². The SMILES string of the molecule is CCn1nc(C)c(CN=C(NC(=O)c2ccc(NC(C)=O)cc2)Nc2cccc(C)c2)c1C. The number of aryl methyl sites for hydroxylation is 3. The van der Waals surface area contributed by atoms with Crippen molar-refractivity contribution in [1.29, 1.82) is 0 Å². The van der Waals surface area contributed by atoms with Crippen LogP contribution in [0.3, 0.4) is 0 Å². The van der Waals surface area contributed by atoms with E-state index in [4.69, 9.17) is 0 Å². The number of nitrogens with zero attached hydrogens (tertiary/aromatic N) is 3. The second-order valence-corrected chi connectivity index (χ2v) is 7.84. The molecule has 1 aromatic heterocycles. The van der Waals surface area contributed by atoms with E-state index < -0.39 is 0 Å². The van der Waals surface area contributed by atoms with Gasteiger partial charge < -0.3 is 10.6 Å². The molecular formula is C25H30N6O2. The molecule has 8 nitrogen and oxygen atoms in total. The molecule has 172 valence electrons. The van der Waals surface area contributed by atoms with Crippen LogP contribution in [0, 0.1) is 20.8 Å². The summed E-state index contributed by atoms with van der Waals surface area (Å²) in [7, 11) is 0. The highest BCUT2D eigenvalue weighted by Gasteiger charge is 2.13. The maximum Gasteiger partial charge on any atom is 0.257 e. The van der Waals surface area contributed by atoms with E-state index in [1.165, 1.54) is 6.92 Å². The Bertz CT molecular complexity index is 1180. The van der Waals surface area contributed by atoms with E-state index in [-0.39, 0.29) is 11.8 Å². The van der Waals surface area contributed by atoms with E-state index in [0.29, 0.717) is 23.8 Å². The molecule has 0 aliphatic rings. The Morgan fingerprint density at radius 3 is 2.33 bits per heavy atom. The number of carbonyl (C=O) groups excluding carboxylic acids is 2. The van der Waals surface area contributed by atoms with Gasteiger partial charge in [-0.2, -0.15) is 5.10 Å². The van der Waals surface area contributed by atoms with Crippen molar-refractivity contribution in [3.63, 3.8) is 0 Å². The molecule has 0 fully saturated rings. The summed E-state index contributed by atoms with van der Waals surface area (Å²) in [4.78, 5) is 28.8. The highest BCUT2D eigenvalue weighted by atomic mass is 16.2. The summed E-state index contributed by atoms with van der Waals surface area (Å²) in [5.41, 5.74) is 6.03. The molecule has 0 atom stereocenters. The largest absolute Gasteiger partial charge is 0.326 e. The fraction of sp³-hybridized carbons (Fsp3) is 0.280. The molecule has 2 amide bonds. The number of hydrogen-bond acceptors (Lipinski definition) is 4. The minimum absolute atomic E-state index is 0.166. The topological polar surface area (TPSA) is 100 Å². The first kappa shape index (κ1) is 23.7. The second-order valence-electron chi connectivity index (χ2n) is 7.84. The molecule has 0 saturated carbocycles. The minimum Gasteiger partial charge on any atom is -0.326 e. The van der Waals surface area contributed by atoms with Crippen LogP contribution in [0.15, 0.2) is 53.5 Å². The summed E-state index contributed by atoms with van der Waals surface area (Å²) in [6.45, 7) is 10.7. The number of amides is 2. The Morgan fingerprint density at radius 2 is 1.73 bits per heavy atom. The number of anilines is 2. The van der Waals surface area contributed by atoms with Gasteiger partial charge in [0.05, 0.1) is 12.2 Å². The van der Waals surface area contributed by atoms with Crippen molar-refractivity contribution in [3.05, 3.63) is 76.6 Å². The number of rotatable bonds is 6. The fourth-order valence-electron chi connectivity index (χ4n) is 3.49. The third kappa shape index (κ3) is 6.29. The molecule has 33 heavy (non-hydrogen) atoms. The molecular weight excluding hydrogens is 416 g/mol. The lowest BCUT2D eigenvalue weighted by atomic mass is 10.2. The maximum absolute atomic E-state index is 12.9. The summed E-state index contributed by atoms with van der Waals surface area (Å²) in [5.74, 6) is -0.124. The Labute approximate surface area is 194 Å². The lowest BCUT2D eigenvalue weighted by molar-refractivity contribution is -0.114. The summed E-state index contributed by atoms with van der Waals surface area (Å²) >= 11 is 0. The number of carbonyl (C=O) groups is 2. The lowest BCUT2D eigenvalue weighted by Gasteiger charge is -2.13. The van der Waals surface area contributed by atoms with Crippen molar-refractivity contribution >= 4 is 29.1 Å². The first-order valence-corrected chi connectivity index (χ1v) is 10.9. The van der Waals surface area contributed by atoms with Crippen LogP contribution < -0.4 is 16.0 Å². The Balaban J connectivity index is 1.83. The smallest absolute Gasteiger partial charge is 0.257 e. The molecule has 0 aliphatic carbocycles. The van der Waals surface area contributed by atoms with Gasteiger partial charge in [-0.25, -0.2) is 4.99 Å². The molecule has 3 rings (SSSR count). The third-order valence-corrected chi connectivity index (χ3v) is 5.21. The van der Waals surface area contributed by atoms with E-state index in [2.05, 4.69) is 33.0 Å². The number of aliphatic imine (C=N–C) groups is 1. The van der Waals surface area contributed by atoms with Gasteiger partial charge in [-0.3, -0.25) is 19.6 Å². The average Bonchev–Trinajstić information content (AvgIpc) is 3.04. The van der Waals surface area contributed by atoms with Crippen LogP contribution in [0.25, 0.3) is 0 Å². The van der Waals surface area contributed by atoms with E-state index in [9.17, 15) is 9.59 Å². The molecule has 0 radical (unpaired) electrons. The molecule has 1 heterocycles. The van der Waals surface area contributed by atoms with Crippen molar-refractivity contribution in [2.75, 3.05) is 10.6 Å². The zero-order chi connectivity index (χ0) is 24.0. The predicted octanol–water partition coefficient (Wildman–Crippen LogP) is 4.18. The maximum atomic E-state index is 12.9. The standard InChI is InChI=1S/C25H30N6O2/c1-6-31-18(4)23(17(3)30-31)15-26-25(28-22-9-7-8-16(2)14-22)29-24(33)20-10-12-21(13-11-20)27-19(5)32/h7-14H,6,15H2,1-5H3,(H,27,32)(H2,26,28,29,33). The second kappa shape index (κ2) is 10.6. The van der Waals surface area contributed by atoms with E-state index in [1.54, 1.807) is 24.3 Å². The first-order chi connectivity index (χ1) is 15.8. The number of hydrogen-bond donors (Lipinski definition) is 3. The van der Waals surface area contributed by atoms with Crippen molar-refractivity contribution in [3.8, 4) is 0 Å². The minimum atomic E-state index is -0.305. The van der Waals surface area contributed by atoms with Crippen LogP contribution in [0.1, 0.15) is 46.7 Å². The third-order valence-electron chi connectivity index (χ3n) is 5.21. The van der Waals surface area contributed by atoms with Crippen LogP contribution in [0.5, 0.6) is 0 Å². The molecule has 0 aliphatic heterocycles. The van der Waals surface area contributed by atoms with E-state index in [0.717, 1.165) is 34.7 Å². The van der Waals surface area contributed by atoms with E-state index >= 15 is 0 Å². The number of guanidine groups is 1. The zero-order valence-corrected chi connectivity index (χ0v) is 19.7. The van der Waals surface area contributed by atoms with Gasteiger partial charge in [-0.05, 0) is 69.7 Å². The summed E-state index contributed by atoms with van der Waals surface area (Å²) < 4.78 is 1.95. The number of aromatic nitrogens is 2. The van der Waals surface area contributed by atoms with Gasteiger partial charge in [0, 0.05) is 41.7 Å². The van der Waals surface area contributed by atoms with Gasteiger partial charge in [0.25, 0.3) is 5.91 Å². The Hall–Kier alpha value is -3.94. The fourth-order valence-corrected chi connectivity index (χ4v) is 3.49. The molecule has 0 unspecified atom stereocenters. The Morgan fingerprint density at radius 1 is 1.00 bits per heavy atom. The van der Waals surface area contributed by atoms with Crippen LogP contribution in [-0.2, 0) is 17.9 Å². The Kier molecular flexibility index (Phi) is 7.61. The molecule has 0 spiro atoms. The van der Waals surface area contributed by atoms with Crippen molar-refractivity contribution in [2.24, 2.45) is 4.99 Å². The monoisotopic (exact) mass is 446 g/mol. The number of nitrogens with one attached hydrogen (secondary N) is 3. The molecule has 0 bridgehead atoms. The molecule has 8 heteroatoms. The van der Waals surface area contributed by atoms with Gasteiger partial charge in [0.1, 0.15) is 0 Å². The van der Waals surface area contributed by atoms with Crippen LogP contribution in [0.2, 0.25) is 0 Å². The van der Waals surface area contributed by atoms with E-state index in [1.807, 2.05) is 49.7 Å². The van der Waals surface area contributed by atoms with Crippen molar-refractivity contribution in [1.82, 2.24) is 15.1 Å². The van der Waals surface area contributed by atoms with Gasteiger partial charge >= 0.3 is 0 Å². The van der Waals surface area contributed by atoms with Crippen LogP contribution >= 0.6 is 0 Å². The number of benzene rings is 2. The van der Waals surface area contributed by atoms with Crippen LogP contribution in [0.4, 0.5) is 11.4 Å². The molecule has 3 N–H and O–H groups in total. The predicted molar refractivity (Wildman–Crippen MR) is 132 cm³/mol. The highest BCUT2D eigenvalue weighted by molar-refractivity contribution is 6.10. The molecule has 0 saturated heterocycles. The average molecular weight is 447 g/mol. The highest BCUT2D eigenvalue weighted by Crippen LogP contribution is 2.15. The lowest BCUT2D eigenvalue weighted by Crippen LogP contribution is -2.36. The molecule has 3 aromatic rings. The first-order valence-electron chi connectivity index (χ1n) is 10.9. The van der Waals surface area contributed by atoms with Crippen LogP contribution in [-0.4, -0.2) is 27.6 Å². The van der Waals surface area contributed by atoms with Crippen molar-refractivity contribution < 1.29 is 9.59 Å². The van der Waals surface area contributed by atoms with Gasteiger partial charge in [-0.1, -0.05) is 12.1 Å². The zero-order valence-electron chi connectivity index (χ0n) is 19.7. The quantitative estimate of drug-likeness (QED) is 0.390. The summed E-state index contributed by atoms with van der Waals surface area (Å²) in [6.07, 6.45) is 0. The van der Waals surface area contributed by atoms with Gasteiger partial charge in [-0.15, -0.1) is 0 Å². The summed E-state index contributed by atoms with van der Waals surface area (Å²) in [5, 5.41) is 13.3. The normalized spacial score (nSPS) is 11.2. The molecule has 2 aromatic carbocycles. The van der Waals surface area contributed by atoms with Gasteiger partial charge in [0.2, 0.25) is 11.9 Å².